The van der Waals surface area contributed by atoms with E-state index < -0.39 is 0 Å². The van der Waals surface area contributed by atoms with Crippen LogP contribution in [0.25, 0.3) is 0 Å². The van der Waals surface area contributed by atoms with Gasteiger partial charge in [0, 0.05) is 5.02 Å². The Kier molecular flexibility index (Phi) is 3.27. The van der Waals surface area contributed by atoms with E-state index in [1.807, 2.05) is 6.92 Å². The Labute approximate surface area is 89.4 Å². The first-order valence-electron chi connectivity index (χ1n) is 3.43. The Hall–Kier alpha value is 0.0800. The minimum absolute atomic E-state index is 0.0536. The second kappa shape index (κ2) is 3.86. The van der Waals surface area contributed by atoms with Crippen LogP contribution in [0.5, 0.6) is 5.75 Å². The van der Waals surface area contributed by atoms with Gasteiger partial charge in [-0.05, 0) is 34.0 Å². The van der Waals surface area contributed by atoms with E-state index in [0.717, 1.165) is 5.56 Å². The van der Waals surface area contributed by atoms with Crippen molar-refractivity contribution in [2.45, 2.75) is 13.3 Å². The van der Waals surface area contributed by atoms with Crippen LogP contribution >= 0.6 is 39.1 Å². The van der Waals surface area contributed by atoms with Crippen molar-refractivity contribution in [1.82, 2.24) is 0 Å². The van der Waals surface area contributed by atoms with Gasteiger partial charge in [0.25, 0.3) is 0 Å². The fourth-order valence-corrected chi connectivity index (χ4v) is 2.34. The Morgan fingerprint density at radius 2 is 2.08 bits per heavy atom. The highest BCUT2D eigenvalue weighted by atomic mass is 79.9. The van der Waals surface area contributed by atoms with Crippen LogP contribution < -0.4 is 0 Å². The van der Waals surface area contributed by atoms with E-state index in [0.29, 0.717) is 20.9 Å². The van der Waals surface area contributed by atoms with Gasteiger partial charge >= 0.3 is 0 Å². The Bertz CT molecular complexity index is 312. The fourth-order valence-electron chi connectivity index (χ4n) is 0.943. The van der Waals surface area contributed by atoms with E-state index >= 15 is 0 Å². The summed E-state index contributed by atoms with van der Waals surface area (Å²) in [6, 6.07) is 1.64. The summed E-state index contributed by atoms with van der Waals surface area (Å²) in [5.74, 6) is 0.0536. The standard InChI is InChI=1S/C8H7BrCl2O/c1-2-4-6(10)3-5(9)8(12)7(4)11/h3,12H,2H2,1H3. The minimum atomic E-state index is 0.0536. The smallest absolute Gasteiger partial charge is 0.148 e. The summed E-state index contributed by atoms with van der Waals surface area (Å²) < 4.78 is 0.523. The van der Waals surface area contributed by atoms with Gasteiger partial charge in [-0.1, -0.05) is 30.1 Å². The summed E-state index contributed by atoms with van der Waals surface area (Å²) in [6.45, 7) is 1.93. The first-order valence-corrected chi connectivity index (χ1v) is 4.98. The van der Waals surface area contributed by atoms with E-state index in [9.17, 15) is 5.11 Å². The van der Waals surface area contributed by atoms with Crippen LogP contribution in [-0.4, -0.2) is 5.11 Å². The van der Waals surface area contributed by atoms with Crippen molar-refractivity contribution in [3.8, 4) is 5.75 Å². The van der Waals surface area contributed by atoms with E-state index in [1.165, 1.54) is 0 Å². The molecule has 1 aromatic rings. The zero-order valence-electron chi connectivity index (χ0n) is 6.37. The van der Waals surface area contributed by atoms with Gasteiger partial charge in [0.1, 0.15) is 5.75 Å². The molecule has 1 rings (SSSR count). The molecule has 0 aliphatic heterocycles. The molecule has 0 unspecified atom stereocenters. The Balaban J connectivity index is 3.40. The maximum Gasteiger partial charge on any atom is 0.148 e. The van der Waals surface area contributed by atoms with Crippen molar-refractivity contribution >= 4 is 39.1 Å². The predicted molar refractivity (Wildman–Crippen MR) is 55.2 cm³/mol. The van der Waals surface area contributed by atoms with E-state index in [-0.39, 0.29) is 5.75 Å². The largest absolute Gasteiger partial charge is 0.505 e. The predicted octanol–water partition coefficient (Wildman–Crippen LogP) is 4.02. The molecule has 66 valence electrons. The van der Waals surface area contributed by atoms with Gasteiger partial charge in [0.05, 0.1) is 9.50 Å². The molecule has 0 saturated heterocycles. The lowest BCUT2D eigenvalue weighted by atomic mass is 10.1. The quantitative estimate of drug-likeness (QED) is 0.816. The molecule has 0 bridgehead atoms. The summed E-state index contributed by atoms with van der Waals surface area (Å²) in [5.41, 5.74) is 0.777. The van der Waals surface area contributed by atoms with E-state index in [1.54, 1.807) is 6.07 Å². The third-order valence-electron chi connectivity index (χ3n) is 1.59. The van der Waals surface area contributed by atoms with Gasteiger partial charge in [0.15, 0.2) is 0 Å². The van der Waals surface area contributed by atoms with Crippen molar-refractivity contribution in [2.75, 3.05) is 0 Å². The van der Waals surface area contributed by atoms with Gasteiger partial charge < -0.3 is 5.11 Å². The van der Waals surface area contributed by atoms with Gasteiger partial charge in [-0.3, -0.25) is 0 Å². The molecule has 0 aliphatic carbocycles. The molecule has 0 radical (unpaired) electrons. The Morgan fingerprint density at radius 1 is 1.50 bits per heavy atom. The van der Waals surface area contributed by atoms with Gasteiger partial charge in [-0.25, -0.2) is 0 Å². The number of phenolic OH excluding ortho intramolecular Hbond substituents is 1. The molecule has 0 amide bonds. The van der Waals surface area contributed by atoms with Gasteiger partial charge in [0.2, 0.25) is 0 Å². The number of hydrogen-bond acceptors (Lipinski definition) is 1. The summed E-state index contributed by atoms with van der Waals surface area (Å²) in [5, 5.41) is 10.3. The maximum atomic E-state index is 9.41. The normalized spacial score (nSPS) is 10.3. The molecule has 4 heteroatoms. The third kappa shape index (κ3) is 1.70. The van der Waals surface area contributed by atoms with Crippen LogP contribution in [0.4, 0.5) is 0 Å². The lowest BCUT2D eigenvalue weighted by molar-refractivity contribution is 0.471. The van der Waals surface area contributed by atoms with Crippen molar-refractivity contribution in [3.63, 3.8) is 0 Å². The highest BCUT2D eigenvalue weighted by Gasteiger charge is 2.11. The Morgan fingerprint density at radius 3 is 2.58 bits per heavy atom. The van der Waals surface area contributed by atoms with Crippen LogP contribution in [0, 0.1) is 0 Å². The number of rotatable bonds is 1. The molecular weight excluding hydrogens is 263 g/mol. The third-order valence-corrected chi connectivity index (χ3v) is 2.94. The van der Waals surface area contributed by atoms with Crippen LogP contribution in [0.1, 0.15) is 12.5 Å². The summed E-state index contributed by atoms with van der Waals surface area (Å²) >= 11 is 14.9. The summed E-state index contributed by atoms with van der Waals surface area (Å²) in [7, 11) is 0. The zero-order valence-corrected chi connectivity index (χ0v) is 9.46. The van der Waals surface area contributed by atoms with Crippen LogP contribution in [0.15, 0.2) is 10.5 Å². The van der Waals surface area contributed by atoms with Crippen LogP contribution in [0.3, 0.4) is 0 Å². The lowest BCUT2D eigenvalue weighted by Gasteiger charge is -2.07. The van der Waals surface area contributed by atoms with E-state index in [4.69, 9.17) is 23.2 Å². The van der Waals surface area contributed by atoms with Crippen molar-refractivity contribution in [2.24, 2.45) is 0 Å². The molecule has 0 fully saturated rings. The average Bonchev–Trinajstić information content (AvgIpc) is 2.01. The SMILES string of the molecule is CCc1c(Cl)cc(Br)c(O)c1Cl. The number of benzene rings is 1. The molecule has 0 saturated carbocycles. The summed E-state index contributed by atoms with van der Waals surface area (Å²) in [4.78, 5) is 0. The van der Waals surface area contributed by atoms with Crippen molar-refractivity contribution in [3.05, 3.63) is 26.1 Å². The van der Waals surface area contributed by atoms with Crippen LogP contribution in [-0.2, 0) is 6.42 Å². The van der Waals surface area contributed by atoms with E-state index in [2.05, 4.69) is 15.9 Å². The number of halogens is 3. The lowest BCUT2D eigenvalue weighted by Crippen LogP contribution is -1.85. The first kappa shape index (κ1) is 10.2. The highest BCUT2D eigenvalue weighted by Crippen LogP contribution is 2.38. The zero-order chi connectivity index (χ0) is 9.30. The minimum Gasteiger partial charge on any atom is -0.505 e. The maximum absolute atomic E-state index is 9.41. The summed E-state index contributed by atoms with van der Waals surface area (Å²) in [6.07, 6.45) is 0.707. The molecule has 1 nitrogen and oxygen atoms in total. The fraction of sp³-hybridized carbons (Fsp3) is 0.250. The molecular formula is C8H7BrCl2O. The second-order valence-corrected chi connectivity index (χ2v) is 3.97. The topological polar surface area (TPSA) is 20.2 Å². The number of aromatic hydroxyl groups is 1. The second-order valence-electron chi connectivity index (χ2n) is 2.33. The molecule has 12 heavy (non-hydrogen) atoms. The van der Waals surface area contributed by atoms with Gasteiger partial charge in [-0.15, -0.1) is 0 Å². The molecule has 1 aromatic carbocycles. The number of hydrogen-bond donors (Lipinski definition) is 1. The molecule has 0 atom stereocenters. The van der Waals surface area contributed by atoms with Gasteiger partial charge in [-0.2, -0.15) is 0 Å². The number of phenols is 1. The first-order chi connectivity index (χ1) is 5.57. The average molecular weight is 270 g/mol. The van der Waals surface area contributed by atoms with Crippen molar-refractivity contribution in [1.29, 1.82) is 0 Å². The van der Waals surface area contributed by atoms with Crippen molar-refractivity contribution < 1.29 is 5.11 Å². The van der Waals surface area contributed by atoms with Crippen LogP contribution in [0.2, 0.25) is 10.0 Å². The molecule has 0 aliphatic rings. The molecule has 1 N–H and O–H groups in total. The molecule has 0 heterocycles. The monoisotopic (exact) mass is 268 g/mol. The molecule has 0 spiro atoms. The molecule has 0 aromatic heterocycles. The highest BCUT2D eigenvalue weighted by molar-refractivity contribution is 9.10.